The van der Waals surface area contributed by atoms with E-state index in [9.17, 15) is 14.4 Å². The van der Waals surface area contributed by atoms with Crippen LogP contribution in [0.4, 0.5) is 10.5 Å². The lowest BCUT2D eigenvalue weighted by Crippen LogP contribution is -2.40. The second kappa shape index (κ2) is 8.68. The summed E-state index contributed by atoms with van der Waals surface area (Å²) < 4.78 is 18.7. The number of fused-ring (bicyclic) bond motifs is 7. The van der Waals surface area contributed by atoms with Crippen molar-refractivity contribution in [1.82, 2.24) is 4.90 Å². The first kappa shape index (κ1) is 22.6. The second-order valence-electron chi connectivity index (χ2n) is 8.45. The van der Waals surface area contributed by atoms with Crippen LogP contribution in [0.1, 0.15) is 20.7 Å². The third kappa shape index (κ3) is 3.49. The molecule has 184 valence electrons. The van der Waals surface area contributed by atoms with Crippen LogP contribution in [0.15, 0.2) is 65.7 Å². The number of amides is 3. The minimum absolute atomic E-state index is 0.0463. The summed E-state index contributed by atoms with van der Waals surface area (Å²) in [5.41, 5.74) is 0.436. The summed E-state index contributed by atoms with van der Waals surface area (Å²) in [6.45, 7) is -0.149. The van der Waals surface area contributed by atoms with E-state index in [1.54, 1.807) is 60.7 Å². The van der Waals surface area contributed by atoms with Crippen molar-refractivity contribution in [2.45, 2.75) is 6.10 Å². The molecule has 0 saturated carbocycles. The molecular weight excluding hydrogens is 478 g/mol. The van der Waals surface area contributed by atoms with Crippen LogP contribution in [-0.4, -0.2) is 70.9 Å². The standard InChI is InChI=1S/C27H20N3O7/c1-29-25(32)20-18-14-16(35-13-12-31)9-10-17(18)22-23(21(20)26(29)33)37-19-8-5-11-28-24(19)30(22)27(34)36-15-6-3-2-4-7-15/h2-11,14,19,31H,12-13H2,1H3/q+1. The highest BCUT2D eigenvalue weighted by molar-refractivity contribution is 6.29. The van der Waals surface area contributed by atoms with E-state index in [-0.39, 0.29) is 41.6 Å². The highest BCUT2D eigenvalue weighted by Crippen LogP contribution is 2.48. The molecule has 6 rings (SSSR count). The van der Waals surface area contributed by atoms with E-state index in [0.29, 0.717) is 22.3 Å². The number of aliphatic hydroxyl groups is 1. The van der Waals surface area contributed by atoms with Gasteiger partial charge in [-0.15, -0.1) is 4.58 Å². The van der Waals surface area contributed by atoms with Gasteiger partial charge in [-0.05, 0) is 47.5 Å². The maximum Gasteiger partial charge on any atom is 0.518 e. The van der Waals surface area contributed by atoms with Gasteiger partial charge in [-0.1, -0.05) is 18.2 Å². The number of para-hydroxylation sites is 1. The fourth-order valence-corrected chi connectivity index (χ4v) is 4.64. The molecule has 3 aromatic rings. The molecule has 3 amide bonds. The van der Waals surface area contributed by atoms with Gasteiger partial charge in [0.25, 0.3) is 11.8 Å². The number of imide groups is 1. The van der Waals surface area contributed by atoms with Crippen molar-refractivity contribution >= 4 is 46.4 Å². The highest BCUT2D eigenvalue weighted by Gasteiger charge is 2.47. The molecule has 0 aromatic heterocycles. The first-order chi connectivity index (χ1) is 18.0. The molecule has 0 radical (unpaired) electrons. The zero-order valence-corrected chi connectivity index (χ0v) is 19.6. The maximum atomic E-state index is 13.7. The van der Waals surface area contributed by atoms with Gasteiger partial charge in [-0.2, -0.15) is 4.79 Å². The molecule has 1 atom stereocenters. The molecule has 0 spiro atoms. The van der Waals surface area contributed by atoms with Gasteiger partial charge in [0, 0.05) is 17.8 Å². The Morgan fingerprint density at radius 2 is 1.86 bits per heavy atom. The van der Waals surface area contributed by atoms with Gasteiger partial charge in [0.1, 0.15) is 24.3 Å². The lowest BCUT2D eigenvalue weighted by molar-refractivity contribution is -0.357. The van der Waals surface area contributed by atoms with Gasteiger partial charge < -0.3 is 19.3 Å². The van der Waals surface area contributed by atoms with E-state index < -0.39 is 24.0 Å². The van der Waals surface area contributed by atoms with E-state index in [0.717, 1.165) is 4.90 Å². The quantitative estimate of drug-likeness (QED) is 0.434. The Morgan fingerprint density at radius 3 is 2.65 bits per heavy atom. The van der Waals surface area contributed by atoms with Crippen LogP contribution in [-0.2, 0) is 0 Å². The zero-order chi connectivity index (χ0) is 25.7. The minimum Gasteiger partial charge on any atom is -0.491 e. The summed E-state index contributed by atoms with van der Waals surface area (Å²) in [6, 6.07) is 13.5. The first-order valence-electron chi connectivity index (χ1n) is 11.5. The number of aliphatic hydroxyl groups excluding tert-OH is 1. The fourth-order valence-electron chi connectivity index (χ4n) is 4.64. The van der Waals surface area contributed by atoms with Gasteiger partial charge >= 0.3 is 11.9 Å². The van der Waals surface area contributed by atoms with Crippen LogP contribution in [0.25, 0.3) is 10.8 Å². The summed E-state index contributed by atoms with van der Waals surface area (Å²) in [5.74, 6) is 0.00339. The van der Waals surface area contributed by atoms with Crippen LogP contribution < -0.4 is 14.2 Å². The van der Waals surface area contributed by atoms with Crippen LogP contribution in [0.2, 0.25) is 0 Å². The number of hydrogen-bond donors (Lipinski definition) is 1. The van der Waals surface area contributed by atoms with Crippen molar-refractivity contribution in [2.24, 2.45) is 4.99 Å². The van der Waals surface area contributed by atoms with Crippen LogP contribution >= 0.6 is 0 Å². The Morgan fingerprint density at radius 1 is 1.08 bits per heavy atom. The predicted molar refractivity (Wildman–Crippen MR) is 132 cm³/mol. The van der Waals surface area contributed by atoms with E-state index in [1.165, 1.54) is 17.8 Å². The summed E-state index contributed by atoms with van der Waals surface area (Å²) in [5, 5.41) is 10.0. The zero-order valence-electron chi connectivity index (χ0n) is 19.6. The molecule has 37 heavy (non-hydrogen) atoms. The molecule has 10 heteroatoms. The normalized spacial score (nSPS) is 17.5. The summed E-state index contributed by atoms with van der Waals surface area (Å²) >= 11 is 0. The molecule has 0 saturated heterocycles. The van der Waals surface area contributed by atoms with Crippen molar-refractivity contribution in [1.29, 1.82) is 0 Å². The summed E-state index contributed by atoms with van der Waals surface area (Å²) in [7, 11) is 1.39. The molecular formula is C27H20N3O7+. The number of hydrogen-bond acceptors (Lipinski definition) is 8. The summed E-state index contributed by atoms with van der Waals surface area (Å²) in [6.07, 6.45) is 3.35. The van der Waals surface area contributed by atoms with E-state index >= 15 is 0 Å². The molecule has 3 aliphatic heterocycles. The molecule has 0 bridgehead atoms. The van der Waals surface area contributed by atoms with Crippen molar-refractivity contribution in [3.63, 3.8) is 0 Å². The number of benzene rings is 3. The topological polar surface area (TPSA) is 118 Å². The molecule has 3 aliphatic rings. The Balaban J connectivity index is 1.65. The molecule has 3 aromatic carbocycles. The summed E-state index contributed by atoms with van der Waals surface area (Å²) in [4.78, 5) is 45.5. The molecule has 3 heterocycles. The predicted octanol–water partition coefficient (Wildman–Crippen LogP) is 3.08. The minimum atomic E-state index is -0.789. The van der Waals surface area contributed by atoms with Crippen LogP contribution in [0.5, 0.6) is 17.2 Å². The monoisotopic (exact) mass is 498 g/mol. The van der Waals surface area contributed by atoms with Crippen molar-refractivity contribution in [2.75, 3.05) is 20.3 Å². The third-order valence-corrected chi connectivity index (χ3v) is 6.27. The lowest BCUT2D eigenvalue weighted by Gasteiger charge is -2.25. The second-order valence-corrected chi connectivity index (χ2v) is 8.45. The fraction of sp³-hybridized carbons (Fsp3) is 0.148. The van der Waals surface area contributed by atoms with E-state index in [4.69, 9.17) is 19.3 Å². The van der Waals surface area contributed by atoms with Gasteiger partial charge in [0.15, 0.2) is 11.4 Å². The first-order valence-corrected chi connectivity index (χ1v) is 11.5. The van der Waals surface area contributed by atoms with Gasteiger partial charge in [0.2, 0.25) is 6.10 Å². The number of rotatable bonds is 4. The largest absolute Gasteiger partial charge is 0.518 e. The van der Waals surface area contributed by atoms with E-state index in [1.807, 2.05) is 0 Å². The highest BCUT2D eigenvalue weighted by atomic mass is 16.6. The van der Waals surface area contributed by atoms with Crippen molar-refractivity contribution < 1.29 is 38.3 Å². The number of allylic oxidation sites excluding steroid dienone is 1. The molecule has 1 N–H and O–H groups in total. The van der Waals surface area contributed by atoms with E-state index in [2.05, 4.69) is 4.99 Å². The average molecular weight is 498 g/mol. The third-order valence-electron chi connectivity index (χ3n) is 6.27. The van der Waals surface area contributed by atoms with Crippen LogP contribution in [0, 0.1) is 0 Å². The molecule has 1 unspecified atom stereocenters. The van der Waals surface area contributed by atoms with Crippen molar-refractivity contribution in [3.8, 4) is 17.2 Å². The van der Waals surface area contributed by atoms with Gasteiger partial charge in [-0.3, -0.25) is 14.5 Å². The number of carbonyl (C=O) groups excluding carboxylic acids is 3. The number of aliphatic imine (C=N–C) groups is 1. The number of amidine groups is 1. The van der Waals surface area contributed by atoms with Crippen molar-refractivity contribution in [3.05, 3.63) is 71.8 Å². The Bertz CT molecular complexity index is 1590. The van der Waals surface area contributed by atoms with Gasteiger partial charge in [-0.25, -0.2) is 0 Å². The number of nitrogens with zero attached hydrogens (tertiary/aromatic N) is 3. The SMILES string of the molecule is CN1C(=O)c2c3c(c4ccc(OCCO)cc4c2C1=O)[N+](C(=O)Oc1ccccc1)=C1N=CC=CC1O3. The molecule has 10 nitrogen and oxygen atoms in total. The lowest BCUT2D eigenvalue weighted by atomic mass is 9.95. The Labute approximate surface area is 210 Å². The Kier molecular flexibility index (Phi) is 5.31. The molecule has 0 aliphatic carbocycles. The molecule has 0 fully saturated rings. The van der Waals surface area contributed by atoms with Crippen LogP contribution in [0.3, 0.4) is 0 Å². The number of dihydropyridines is 1. The number of ether oxygens (including phenoxy) is 3. The Hall–Kier alpha value is -4.83. The number of carbonyl (C=O) groups is 3. The smallest absolute Gasteiger partial charge is 0.491 e. The van der Waals surface area contributed by atoms with Gasteiger partial charge in [0.05, 0.1) is 17.7 Å². The maximum absolute atomic E-state index is 13.7. The average Bonchev–Trinajstić information content (AvgIpc) is 3.15.